The lowest BCUT2D eigenvalue weighted by molar-refractivity contribution is 0.0907. The van der Waals surface area contributed by atoms with E-state index in [1.54, 1.807) is 24.4 Å². The van der Waals surface area contributed by atoms with Crippen LogP contribution in [0.15, 0.2) is 42.6 Å². The lowest BCUT2D eigenvalue weighted by Crippen LogP contribution is -2.44. The SMILES string of the molecule is O=C(NC1CC(c2cccc(F)c2)C1)c1cccnc1N1CCOCC1. The standard InChI is InChI=1S/C20H22FN3O2/c21-16-4-1-3-14(11-16)15-12-17(13-15)23-20(25)18-5-2-6-22-19(18)24-7-9-26-10-8-24/h1-6,11,15,17H,7-10,12-13H2,(H,23,25). The maximum atomic E-state index is 13.3. The third kappa shape index (κ3) is 3.55. The molecule has 6 heteroatoms. The second-order valence-corrected chi connectivity index (χ2v) is 6.87. The van der Waals surface area contributed by atoms with E-state index in [2.05, 4.69) is 15.2 Å². The van der Waals surface area contributed by atoms with Gasteiger partial charge in [-0.15, -0.1) is 0 Å². The highest BCUT2D eigenvalue weighted by Crippen LogP contribution is 2.37. The van der Waals surface area contributed by atoms with Gasteiger partial charge < -0.3 is 15.0 Å². The molecule has 5 nitrogen and oxygen atoms in total. The van der Waals surface area contributed by atoms with Crippen LogP contribution >= 0.6 is 0 Å². The van der Waals surface area contributed by atoms with Gasteiger partial charge in [0.05, 0.1) is 18.8 Å². The zero-order valence-corrected chi connectivity index (χ0v) is 14.5. The highest BCUT2D eigenvalue weighted by molar-refractivity contribution is 5.99. The average molecular weight is 355 g/mol. The number of halogens is 1. The number of amides is 1. The number of rotatable bonds is 4. The highest BCUT2D eigenvalue weighted by atomic mass is 19.1. The van der Waals surface area contributed by atoms with Crippen molar-refractivity contribution >= 4 is 11.7 Å². The summed E-state index contributed by atoms with van der Waals surface area (Å²) in [6.07, 6.45) is 3.38. The Morgan fingerprint density at radius 1 is 1.19 bits per heavy atom. The van der Waals surface area contributed by atoms with Crippen LogP contribution in [0.4, 0.5) is 10.2 Å². The number of aromatic nitrogens is 1. The summed E-state index contributed by atoms with van der Waals surface area (Å²) < 4.78 is 18.7. The van der Waals surface area contributed by atoms with Crippen LogP contribution in [0, 0.1) is 5.82 Å². The number of hydrogen-bond acceptors (Lipinski definition) is 4. The van der Waals surface area contributed by atoms with Gasteiger partial charge in [-0.25, -0.2) is 9.37 Å². The smallest absolute Gasteiger partial charge is 0.255 e. The molecule has 1 saturated carbocycles. The Labute approximate surface area is 152 Å². The first-order valence-corrected chi connectivity index (χ1v) is 9.05. The van der Waals surface area contributed by atoms with Gasteiger partial charge >= 0.3 is 0 Å². The van der Waals surface area contributed by atoms with Crippen LogP contribution in [0.25, 0.3) is 0 Å². The molecule has 0 unspecified atom stereocenters. The van der Waals surface area contributed by atoms with Crippen LogP contribution < -0.4 is 10.2 Å². The lowest BCUT2D eigenvalue weighted by atomic mass is 9.76. The van der Waals surface area contributed by atoms with Crippen LogP contribution in [0.3, 0.4) is 0 Å². The normalized spacial score (nSPS) is 22.6. The van der Waals surface area contributed by atoms with Crippen LogP contribution in [-0.2, 0) is 4.74 Å². The fourth-order valence-corrected chi connectivity index (χ4v) is 3.63. The van der Waals surface area contributed by atoms with Gasteiger partial charge in [0.25, 0.3) is 5.91 Å². The number of carbonyl (C=O) groups excluding carboxylic acids is 1. The largest absolute Gasteiger partial charge is 0.378 e. The Morgan fingerprint density at radius 2 is 2.00 bits per heavy atom. The molecule has 0 atom stereocenters. The molecule has 26 heavy (non-hydrogen) atoms. The summed E-state index contributed by atoms with van der Waals surface area (Å²) in [7, 11) is 0. The Balaban J connectivity index is 1.39. The van der Waals surface area contributed by atoms with Crippen molar-refractivity contribution in [2.24, 2.45) is 0 Å². The van der Waals surface area contributed by atoms with E-state index in [1.165, 1.54) is 6.07 Å². The first-order chi connectivity index (χ1) is 12.7. The fraction of sp³-hybridized carbons (Fsp3) is 0.400. The van der Waals surface area contributed by atoms with Gasteiger partial charge in [0.15, 0.2) is 0 Å². The number of anilines is 1. The van der Waals surface area contributed by atoms with E-state index in [0.29, 0.717) is 30.5 Å². The third-order valence-electron chi connectivity index (χ3n) is 5.14. The number of nitrogens with one attached hydrogen (secondary N) is 1. The van der Waals surface area contributed by atoms with E-state index in [-0.39, 0.29) is 17.8 Å². The summed E-state index contributed by atoms with van der Waals surface area (Å²) >= 11 is 0. The highest BCUT2D eigenvalue weighted by Gasteiger charge is 2.32. The first kappa shape index (κ1) is 17.0. The van der Waals surface area contributed by atoms with Gasteiger partial charge in [-0.3, -0.25) is 4.79 Å². The lowest BCUT2D eigenvalue weighted by Gasteiger charge is -2.36. The molecule has 1 amide bonds. The Kier molecular flexibility index (Phi) is 4.84. The summed E-state index contributed by atoms with van der Waals surface area (Å²) in [5.41, 5.74) is 1.61. The maximum Gasteiger partial charge on any atom is 0.255 e. The quantitative estimate of drug-likeness (QED) is 0.916. The van der Waals surface area contributed by atoms with Crippen LogP contribution in [0.5, 0.6) is 0 Å². The number of nitrogens with zero attached hydrogens (tertiary/aromatic N) is 2. The average Bonchev–Trinajstić information content (AvgIpc) is 2.65. The molecule has 1 N–H and O–H groups in total. The number of pyridine rings is 1. The fourth-order valence-electron chi connectivity index (χ4n) is 3.63. The number of benzene rings is 1. The molecule has 1 aliphatic heterocycles. The molecule has 2 aromatic rings. The summed E-state index contributed by atoms with van der Waals surface area (Å²) in [4.78, 5) is 19.2. The molecule has 2 fully saturated rings. The van der Waals surface area contributed by atoms with Crippen molar-refractivity contribution in [1.82, 2.24) is 10.3 Å². The molecule has 1 aromatic heterocycles. The van der Waals surface area contributed by atoms with Crippen molar-refractivity contribution in [2.75, 3.05) is 31.2 Å². The second kappa shape index (κ2) is 7.41. The monoisotopic (exact) mass is 355 g/mol. The van der Waals surface area contributed by atoms with Gasteiger partial charge in [-0.2, -0.15) is 0 Å². The summed E-state index contributed by atoms with van der Waals surface area (Å²) in [6.45, 7) is 2.77. The van der Waals surface area contributed by atoms with Crippen LogP contribution in [0.2, 0.25) is 0 Å². The van der Waals surface area contributed by atoms with Gasteiger partial charge in [-0.05, 0) is 48.6 Å². The van der Waals surface area contributed by atoms with E-state index in [1.807, 2.05) is 12.1 Å². The summed E-state index contributed by atoms with van der Waals surface area (Å²) in [5, 5.41) is 3.10. The Morgan fingerprint density at radius 3 is 2.77 bits per heavy atom. The Bertz CT molecular complexity index is 786. The minimum Gasteiger partial charge on any atom is -0.378 e. The summed E-state index contributed by atoms with van der Waals surface area (Å²) in [5.74, 6) is 0.723. The van der Waals surface area contributed by atoms with Crippen molar-refractivity contribution in [3.05, 3.63) is 59.5 Å². The molecular formula is C20H22FN3O2. The van der Waals surface area contributed by atoms with E-state index < -0.39 is 0 Å². The first-order valence-electron chi connectivity index (χ1n) is 9.05. The van der Waals surface area contributed by atoms with Crippen LogP contribution in [-0.4, -0.2) is 43.2 Å². The predicted octanol–water partition coefficient (Wildman–Crippen LogP) is 2.73. The Hall–Kier alpha value is -2.47. The molecule has 2 heterocycles. The van der Waals surface area contributed by atoms with Crippen LogP contribution in [0.1, 0.15) is 34.7 Å². The second-order valence-electron chi connectivity index (χ2n) is 6.87. The molecule has 0 radical (unpaired) electrons. The van der Waals surface area contributed by atoms with Crippen molar-refractivity contribution in [2.45, 2.75) is 24.8 Å². The van der Waals surface area contributed by atoms with E-state index >= 15 is 0 Å². The number of morpholine rings is 1. The van der Waals surface area contributed by atoms with Gasteiger partial charge in [0.1, 0.15) is 11.6 Å². The maximum absolute atomic E-state index is 13.3. The zero-order valence-electron chi connectivity index (χ0n) is 14.5. The van der Waals surface area contributed by atoms with Gasteiger partial charge in [0, 0.05) is 25.3 Å². The van der Waals surface area contributed by atoms with Crippen molar-refractivity contribution in [3.63, 3.8) is 0 Å². The molecular weight excluding hydrogens is 333 g/mol. The predicted molar refractivity (Wildman–Crippen MR) is 96.9 cm³/mol. The zero-order chi connectivity index (χ0) is 17.9. The third-order valence-corrected chi connectivity index (χ3v) is 5.14. The molecule has 136 valence electrons. The molecule has 1 aromatic carbocycles. The van der Waals surface area contributed by atoms with Crippen molar-refractivity contribution in [3.8, 4) is 0 Å². The summed E-state index contributed by atoms with van der Waals surface area (Å²) in [6, 6.07) is 10.4. The van der Waals surface area contributed by atoms with Crippen molar-refractivity contribution < 1.29 is 13.9 Å². The minimum atomic E-state index is -0.208. The number of carbonyl (C=O) groups is 1. The van der Waals surface area contributed by atoms with Crippen molar-refractivity contribution in [1.29, 1.82) is 0 Å². The van der Waals surface area contributed by atoms with E-state index in [0.717, 1.165) is 31.5 Å². The molecule has 1 saturated heterocycles. The molecule has 0 bridgehead atoms. The topological polar surface area (TPSA) is 54.5 Å². The number of ether oxygens (including phenoxy) is 1. The van der Waals surface area contributed by atoms with Gasteiger partial charge in [-0.1, -0.05) is 12.1 Å². The molecule has 1 aliphatic carbocycles. The number of hydrogen-bond donors (Lipinski definition) is 1. The molecule has 2 aliphatic rings. The molecule has 4 rings (SSSR count). The van der Waals surface area contributed by atoms with E-state index in [9.17, 15) is 9.18 Å². The van der Waals surface area contributed by atoms with E-state index in [4.69, 9.17) is 4.74 Å². The van der Waals surface area contributed by atoms with Gasteiger partial charge in [0.2, 0.25) is 0 Å². The molecule has 0 spiro atoms. The minimum absolute atomic E-state index is 0.0951.